The molecule has 0 aromatic heterocycles. The number of halogens is 1. The quantitative estimate of drug-likeness (QED) is 0.642. The van der Waals surface area contributed by atoms with E-state index >= 15 is 0 Å². The van der Waals surface area contributed by atoms with E-state index in [2.05, 4.69) is 0 Å². The molecule has 0 aliphatic heterocycles. The lowest BCUT2D eigenvalue weighted by Crippen LogP contribution is -2.65. The summed E-state index contributed by atoms with van der Waals surface area (Å²) >= 11 is 6.30. The zero-order valence-corrected chi connectivity index (χ0v) is 12.9. The molecule has 4 atom stereocenters. The molecular weight excluding hydrogens is 280 g/mol. The molecule has 4 nitrogen and oxygen atoms in total. The summed E-state index contributed by atoms with van der Waals surface area (Å²) < 4.78 is 5.22. The third-order valence-electron chi connectivity index (χ3n) is 5.07. The molecule has 0 aromatic carbocycles. The Hall–Kier alpha value is -0.610. The highest BCUT2D eigenvalue weighted by Crippen LogP contribution is 2.57. The molecule has 0 unspecified atom stereocenters. The van der Waals surface area contributed by atoms with E-state index in [1.54, 1.807) is 6.92 Å². The molecular formula is C15H23ClO4. The second-order valence-electron chi connectivity index (χ2n) is 6.08. The van der Waals surface area contributed by atoms with Gasteiger partial charge in [0.2, 0.25) is 0 Å². The molecule has 1 N–H and O–H groups in total. The third-order valence-corrected chi connectivity index (χ3v) is 5.54. The van der Waals surface area contributed by atoms with Crippen molar-refractivity contribution in [3.8, 4) is 0 Å². The molecule has 0 spiro atoms. The van der Waals surface area contributed by atoms with Crippen LogP contribution in [0.3, 0.4) is 0 Å². The number of hydrogen-bond acceptors (Lipinski definition) is 4. The summed E-state index contributed by atoms with van der Waals surface area (Å²) in [5, 5.41) is 10.8. The zero-order chi connectivity index (χ0) is 15.0. The van der Waals surface area contributed by atoms with Gasteiger partial charge in [0, 0.05) is 5.38 Å². The van der Waals surface area contributed by atoms with Gasteiger partial charge in [-0.15, -0.1) is 11.6 Å². The van der Waals surface area contributed by atoms with E-state index in [1.165, 1.54) is 6.92 Å². The van der Waals surface area contributed by atoms with Gasteiger partial charge < -0.3 is 9.84 Å². The number of esters is 1. The molecule has 0 amide bonds. The van der Waals surface area contributed by atoms with E-state index < -0.39 is 22.3 Å². The average Bonchev–Trinajstić information content (AvgIpc) is 2.37. The summed E-state index contributed by atoms with van der Waals surface area (Å²) in [7, 11) is 0. The van der Waals surface area contributed by atoms with Crippen LogP contribution in [0.2, 0.25) is 0 Å². The smallest absolute Gasteiger partial charge is 0.315 e. The van der Waals surface area contributed by atoms with Crippen LogP contribution in [0.1, 0.15) is 52.4 Å². The van der Waals surface area contributed by atoms with Gasteiger partial charge in [-0.05, 0) is 39.5 Å². The fourth-order valence-electron chi connectivity index (χ4n) is 4.16. The molecule has 5 heteroatoms. The molecule has 0 radical (unpaired) electrons. The van der Waals surface area contributed by atoms with Crippen LogP contribution in [0.4, 0.5) is 0 Å². The average molecular weight is 303 g/mol. The fraction of sp³-hybridized carbons (Fsp3) is 0.867. The van der Waals surface area contributed by atoms with Crippen molar-refractivity contribution in [2.45, 2.75) is 63.4 Å². The minimum atomic E-state index is -1.35. The van der Waals surface area contributed by atoms with Crippen LogP contribution in [0, 0.1) is 11.3 Å². The van der Waals surface area contributed by atoms with Crippen LogP contribution < -0.4 is 0 Å². The van der Waals surface area contributed by atoms with Crippen molar-refractivity contribution >= 4 is 23.4 Å². The first-order valence-corrected chi connectivity index (χ1v) is 7.87. The summed E-state index contributed by atoms with van der Waals surface area (Å²) in [4.78, 5) is 24.5. The number of carbonyl (C=O) groups excluding carboxylic acids is 2. The Balaban J connectivity index is 2.46. The SMILES string of the molecule is CCOC(=O)[C@@]12CCCC[C@@]1(O)[C@H](C(C)=O)[C@@H](Cl)CC2. The highest BCUT2D eigenvalue weighted by Gasteiger charge is 2.65. The topological polar surface area (TPSA) is 63.6 Å². The van der Waals surface area contributed by atoms with Gasteiger partial charge in [-0.1, -0.05) is 12.8 Å². The van der Waals surface area contributed by atoms with Gasteiger partial charge in [0.15, 0.2) is 0 Å². The number of Topliss-reactive ketones (excluding diaryl/α,β-unsaturated/α-hetero) is 1. The molecule has 2 saturated carbocycles. The number of ketones is 1. The van der Waals surface area contributed by atoms with Gasteiger partial charge in [-0.3, -0.25) is 9.59 Å². The molecule has 2 aliphatic carbocycles. The maximum atomic E-state index is 12.5. The minimum absolute atomic E-state index is 0.136. The monoisotopic (exact) mass is 302 g/mol. The maximum Gasteiger partial charge on any atom is 0.315 e. The van der Waals surface area contributed by atoms with Crippen LogP contribution in [0.25, 0.3) is 0 Å². The fourth-order valence-corrected chi connectivity index (χ4v) is 4.66. The van der Waals surface area contributed by atoms with Gasteiger partial charge in [-0.2, -0.15) is 0 Å². The molecule has 0 aromatic rings. The Morgan fingerprint density at radius 2 is 1.95 bits per heavy atom. The van der Waals surface area contributed by atoms with Gasteiger partial charge >= 0.3 is 5.97 Å². The largest absolute Gasteiger partial charge is 0.465 e. The highest BCUT2D eigenvalue weighted by atomic mass is 35.5. The second-order valence-corrected chi connectivity index (χ2v) is 6.64. The number of ether oxygens (including phenoxy) is 1. The van der Waals surface area contributed by atoms with Crippen molar-refractivity contribution < 1.29 is 19.4 Å². The van der Waals surface area contributed by atoms with Gasteiger partial charge in [-0.25, -0.2) is 0 Å². The number of fused-ring (bicyclic) bond motifs is 1. The summed E-state index contributed by atoms with van der Waals surface area (Å²) in [5.41, 5.74) is -2.31. The Kier molecular flexibility index (Phi) is 4.45. The molecule has 0 bridgehead atoms. The summed E-state index contributed by atoms with van der Waals surface area (Å²) in [5.74, 6) is -1.18. The number of rotatable bonds is 3. The molecule has 2 rings (SSSR count). The predicted molar refractivity (Wildman–Crippen MR) is 75.5 cm³/mol. The van der Waals surface area contributed by atoms with Crippen LogP contribution in [0.15, 0.2) is 0 Å². The van der Waals surface area contributed by atoms with E-state index in [-0.39, 0.29) is 18.4 Å². The minimum Gasteiger partial charge on any atom is -0.465 e. The first-order valence-electron chi connectivity index (χ1n) is 7.43. The number of hydrogen-bond donors (Lipinski definition) is 1. The molecule has 0 saturated heterocycles. The Labute approximate surface area is 124 Å². The van der Waals surface area contributed by atoms with Crippen molar-refractivity contribution in [1.29, 1.82) is 0 Å². The van der Waals surface area contributed by atoms with Crippen LogP contribution >= 0.6 is 11.6 Å². The highest BCUT2D eigenvalue weighted by molar-refractivity contribution is 6.22. The molecule has 114 valence electrons. The number of alkyl halides is 1. The second kappa shape index (κ2) is 5.64. The standard InChI is InChI=1S/C15H23ClO4/c1-3-20-13(18)14-7-4-5-8-15(14,19)12(10(2)17)11(16)6-9-14/h11-12,19H,3-9H2,1-2H3/t11-,12+,14-,15+/m0/s1. The van der Waals surface area contributed by atoms with E-state index in [9.17, 15) is 14.7 Å². The number of carbonyl (C=O) groups is 2. The first kappa shape index (κ1) is 15.8. The van der Waals surface area contributed by atoms with Gasteiger partial charge in [0.05, 0.1) is 23.5 Å². The molecule has 2 fully saturated rings. The maximum absolute atomic E-state index is 12.5. The van der Waals surface area contributed by atoms with E-state index in [0.717, 1.165) is 12.8 Å². The van der Waals surface area contributed by atoms with Crippen molar-refractivity contribution in [2.75, 3.05) is 6.61 Å². The lowest BCUT2D eigenvalue weighted by molar-refractivity contribution is -0.205. The third kappa shape index (κ3) is 2.17. The van der Waals surface area contributed by atoms with E-state index in [4.69, 9.17) is 16.3 Å². The van der Waals surface area contributed by atoms with Gasteiger partial charge in [0.25, 0.3) is 0 Å². The normalized spacial score (nSPS) is 40.8. The van der Waals surface area contributed by atoms with Crippen molar-refractivity contribution in [3.63, 3.8) is 0 Å². The Morgan fingerprint density at radius 1 is 1.30 bits per heavy atom. The molecule has 2 aliphatic rings. The van der Waals surface area contributed by atoms with E-state index in [1.807, 2.05) is 0 Å². The number of aliphatic hydroxyl groups is 1. The molecule has 0 heterocycles. The lowest BCUT2D eigenvalue weighted by Gasteiger charge is -2.56. The molecule has 20 heavy (non-hydrogen) atoms. The predicted octanol–water partition coefficient (Wildman–Crippen LogP) is 2.45. The summed E-state index contributed by atoms with van der Waals surface area (Å²) in [6.45, 7) is 3.49. The van der Waals surface area contributed by atoms with Crippen LogP contribution in [-0.4, -0.2) is 34.4 Å². The van der Waals surface area contributed by atoms with Crippen molar-refractivity contribution in [2.24, 2.45) is 11.3 Å². The zero-order valence-electron chi connectivity index (χ0n) is 12.2. The van der Waals surface area contributed by atoms with Crippen molar-refractivity contribution in [3.05, 3.63) is 0 Å². The van der Waals surface area contributed by atoms with Crippen molar-refractivity contribution in [1.82, 2.24) is 0 Å². The lowest BCUT2D eigenvalue weighted by atomic mass is 9.52. The summed E-state index contributed by atoms with van der Waals surface area (Å²) in [6, 6.07) is 0. The van der Waals surface area contributed by atoms with Crippen LogP contribution in [0.5, 0.6) is 0 Å². The van der Waals surface area contributed by atoms with E-state index in [0.29, 0.717) is 25.7 Å². The van der Waals surface area contributed by atoms with Gasteiger partial charge in [0.1, 0.15) is 5.78 Å². The summed E-state index contributed by atoms with van der Waals surface area (Å²) in [6.07, 6.45) is 3.77. The first-order chi connectivity index (χ1) is 9.39. The Bertz CT molecular complexity index is 411. The van der Waals surface area contributed by atoms with Crippen LogP contribution in [-0.2, 0) is 14.3 Å². The Morgan fingerprint density at radius 3 is 2.55 bits per heavy atom.